The Morgan fingerprint density at radius 1 is 0.616 bits per heavy atom. The van der Waals surface area contributed by atoms with Gasteiger partial charge >= 0.3 is 12.4 Å². The second kappa shape index (κ2) is 38.0. The van der Waals surface area contributed by atoms with Crippen LogP contribution in [0.5, 0.6) is 0 Å². The maximum absolute atomic E-state index is 15.8. The number of likely N-dealkylation sites (N-methyl/N-ethyl adjacent to an activating group) is 7. The number of carbonyl (C=O) groups is 12. The highest BCUT2D eigenvalue weighted by Gasteiger charge is 2.60. The lowest BCUT2D eigenvalue weighted by Crippen LogP contribution is -2.71. The van der Waals surface area contributed by atoms with E-state index in [1.54, 1.807) is 32.9 Å². The van der Waals surface area contributed by atoms with Crippen LogP contribution in [0.15, 0.2) is 12.2 Å². The molecule has 3 heterocycles. The van der Waals surface area contributed by atoms with Gasteiger partial charge in [0, 0.05) is 82.5 Å². The Bertz CT molecular complexity index is 3380. The number of amides is 12. The topological polar surface area (TPSA) is 279 Å². The molecule has 12 atom stereocenters. The lowest BCUT2D eigenvalue weighted by atomic mass is 9.58. The molecule has 2 unspecified atom stereocenters. The third-order valence-corrected chi connectivity index (χ3v) is 25.6. The van der Waals surface area contributed by atoms with Crippen LogP contribution in [-0.2, 0) is 62.3 Å². The second-order valence-corrected chi connectivity index (χ2v) is 34.6. The smallest absolute Gasteiger partial charge is 0.377 e. The van der Waals surface area contributed by atoms with Gasteiger partial charge in [0.25, 0.3) is 0 Å². The number of carbonyl (C=O) groups excluding carboxylic acids is 12. The molecular formula is C79H122F8N12O13. The van der Waals surface area contributed by atoms with Crippen molar-refractivity contribution < 1.29 is 97.4 Å². The van der Waals surface area contributed by atoms with E-state index in [0.717, 1.165) is 50.2 Å². The Hall–Kier alpha value is -7.22. The fourth-order valence-electron chi connectivity index (χ4n) is 19.1. The molecule has 8 rings (SSSR count). The van der Waals surface area contributed by atoms with Crippen molar-refractivity contribution >= 4 is 70.9 Å². The fourth-order valence-corrected chi connectivity index (χ4v) is 19.1. The molecule has 5 aliphatic carbocycles. The minimum absolute atomic E-state index is 0.00430. The zero-order valence-corrected chi connectivity index (χ0v) is 67.6. The normalized spacial score (nSPS) is 32.6. The number of fused-ring (bicyclic) bond motifs is 3. The average Bonchev–Trinajstić information content (AvgIpc) is 0.938. The van der Waals surface area contributed by atoms with E-state index in [0.29, 0.717) is 32.1 Å². The molecule has 2 bridgehead atoms. The number of hydrogen-bond acceptors (Lipinski definition) is 13. The van der Waals surface area contributed by atoms with Gasteiger partial charge < -0.3 is 64.8 Å². The monoisotopic (exact) mass is 1600 g/mol. The van der Waals surface area contributed by atoms with Crippen LogP contribution in [0, 0.1) is 46.8 Å². The van der Waals surface area contributed by atoms with Gasteiger partial charge in [0.05, 0.1) is 31.5 Å². The number of alkyl halides is 8. The van der Waals surface area contributed by atoms with Crippen LogP contribution in [-0.4, -0.2) is 289 Å². The highest BCUT2D eigenvalue weighted by atomic mass is 19.4. The molecule has 0 aromatic rings. The van der Waals surface area contributed by atoms with Crippen molar-refractivity contribution in [3.63, 3.8) is 0 Å². The predicted octanol–water partition coefficient (Wildman–Crippen LogP) is 7.52. The summed E-state index contributed by atoms with van der Waals surface area (Å²) in [7, 11) is 11.0. The minimum Gasteiger partial charge on any atom is -0.377 e. The summed E-state index contributed by atoms with van der Waals surface area (Å²) in [5.41, 5.74) is -2.37. The molecule has 632 valence electrons. The first kappa shape index (κ1) is 90.3. The predicted molar refractivity (Wildman–Crippen MR) is 397 cm³/mol. The van der Waals surface area contributed by atoms with E-state index < -0.39 is 235 Å². The van der Waals surface area contributed by atoms with Crippen LogP contribution in [0.4, 0.5) is 35.1 Å². The van der Waals surface area contributed by atoms with Gasteiger partial charge in [-0.05, 0) is 145 Å². The molecule has 3 N–H and O–H groups in total. The molecule has 7 fully saturated rings. The van der Waals surface area contributed by atoms with Gasteiger partial charge in [-0.25, -0.2) is 8.78 Å². The zero-order chi connectivity index (χ0) is 83.0. The van der Waals surface area contributed by atoms with Crippen LogP contribution >= 0.6 is 0 Å². The van der Waals surface area contributed by atoms with Crippen molar-refractivity contribution in [1.82, 2.24) is 60.0 Å². The molecule has 0 aromatic heterocycles. The van der Waals surface area contributed by atoms with Crippen LogP contribution < -0.4 is 16.0 Å². The largest absolute Gasteiger partial charge is 0.397 e. The summed E-state index contributed by atoms with van der Waals surface area (Å²) in [5, 5.41) is 8.56. The van der Waals surface area contributed by atoms with Gasteiger partial charge in [-0.15, -0.1) is 0 Å². The number of ether oxygens (including phenoxy) is 1. The Labute approximate surface area is 653 Å². The van der Waals surface area contributed by atoms with E-state index in [-0.39, 0.29) is 103 Å². The molecule has 112 heavy (non-hydrogen) atoms. The molecule has 12 amide bonds. The molecule has 5 saturated carbocycles. The van der Waals surface area contributed by atoms with Gasteiger partial charge in [-0.3, -0.25) is 57.5 Å². The second-order valence-electron chi connectivity index (χ2n) is 34.6. The maximum Gasteiger partial charge on any atom is 0.397 e. The van der Waals surface area contributed by atoms with E-state index in [1.807, 2.05) is 13.8 Å². The van der Waals surface area contributed by atoms with Crippen molar-refractivity contribution in [2.75, 3.05) is 89.2 Å². The number of hydrogen-bond donors (Lipinski definition) is 3. The van der Waals surface area contributed by atoms with Crippen LogP contribution in [0.1, 0.15) is 195 Å². The molecule has 33 heteroatoms. The molecule has 2 saturated heterocycles. The van der Waals surface area contributed by atoms with E-state index in [4.69, 9.17) is 4.74 Å². The maximum atomic E-state index is 15.8. The van der Waals surface area contributed by atoms with Crippen molar-refractivity contribution in [2.24, 2.45) is 46.8 Å². The number of nitrogens with zero attached hydrogens (tertiary/aromatic N) is 9. The van der Waals surface area contributed by atoms with Gasteiger partial charge in [-0.1, -0.05) is 84.8 Å². The Morgan fingerprint density at radius 2 is 1.21 bits per heavy atom. The molecule has 3 aliphatic heterocycles. The van der Waals surface area contributed by atoms with E-state index in [1.165, 1.54) is 76.0 Å². The minimum atomic E-state index is -5.22. The lowest BCUT2D eigenvalue weighted by molar-refractivity contribution is -0.219. The van der Waals surface area contributed by atoms with Crippen LogP contribution in [0.2, 0.25) is 0 Å². The zero-order valence-electron chi connectivity index (χ0n) is 67.6. The highest BCUT2D eigenvalue weighted by molar-refractivity contribution is 6.01. The Morgan fingerprint density at radius 3 is 1.78 bits per heavy atom. The SMILES string of the molecule is CCO[C@@H]1C[C@H]2C(=O)NC3(CC(C)(C)C3)C(=O)N(C)[C@@H](C3CCCC3)C(=O)N(C)[C@H](C(=O)N(C)C)CC(=O)N(C)[C@@H](CC3CCCC3)C(=O)N[C@@H]([C@@H](C)CC)C(=O)N(C)CC(=O)N(C)[C@H]3C/C=C\CCN(C3=O)[C@@H](CC3CCC(C(F)(F)F)CC3)C(=O)N(C)CC(=O)N[C@@H](CCC3CC(F)C(C(F)(F)F)C(F)C3)C(=O)N2C1. The molecule has 25 nitrogen and oxygen atoms in total. The molecule has 0 radical (unpaired) electrons. The first-order chi connectivity index (χ1) is 52.4. The Balaban J connectivity index is 1.22. The van der Waals surface area contributed by atoms with Crippen molar-refractivity contribution in [1.29, 1.82) is 0 Å². The first-order valence-corrected chi connectivity index (χ1v) is 40.4. The van der Waals surface area contributed by atoms with Crippen molar-refractivity contribution in [3.8, 4) is 0 Å². The first-order valence-electron chi connectivity index (χ1n) is 40.4. The molecule has 8 aliphatic rings. The summed E-state index contributed by atoms with van der Waals surface area (Å²) >= 11 is 0. The van der Waals surface area contributed by atoms with Crippen LogP contribution in [0.25, 0.3) is 0 Å². The van der Waals surface area contributed by atoms with Crippen molar-refractivity contribution in [2.45, 2.75) is 280 Å². The van der Waals surface area contributed by atoms with Gasteiger partial charge in [0.2, 0.25) is 70.9 Å². The van der Waals surface area contributed by atoms with Gasteiger partial charge in [-0.2, -0.15) is 26.3 Å². The summed E-state index contributed by atoms with van der Waals surface area (Å²) in [5.74, 6) is -16.7. The molecule has 0 aromatic carbocycles. The summed E-state index contributed by atoms with van der Waals surface area (Å²) in [6, 6.07) is -11.4. The van der Waals surface area contributed by atoms with Crippen molar-refractivity contribution in [3.05, 3.63) is 12.2 Å². The summed E-state index contributed by atoms with van der Waals surface area (Å²) in [6.45, 7) is 7.02. The van der Waals surface area contributed by atoms with Crippen LogP contribution in [0.3, 0.4) is 0 Å². The third-order valence-electron chi connectivity index (χ3n) is 25.6. The van der Waals surface area contributed by atoms with E-state index in [9.17, 15) is 45.5 Å². The molecular weight excluding hydrogens is 1480 g/mol. The average molecular weight is 1600 g/mol. The Kier molecular flexibility index (Phi) is 30.7. The quantitative estimate of drug-likeness (QED) is 0.119. The highest BCUT2D eigenvalue weighted by Crippen LogP contribution is 2.51. The summed E-state index contributed by atoms with van der Waals surface area (Å²) < 4.78 is 122. The third kappa shape index (κ3) is 21.6. The lowest BCUT2D eigenvalue weighted by Gasteiger charge is -2.54. The standard InChI is InChI=1S/C79H122F8N12O13/c1-14-46(3)65-73(109)93(9)43-63(102)94(10)56-27-17-16-22-34-98(72(56)108)60(38-48-28-31-51(32-29-48)78(82,83)84)71(107)92(8)42-61(100)88-55(33-30-49-35-53(80)64(54(81)36-49)79(85,86)87)69(105)99-41-52(112-15-2)39-58(99)68(104)90-77(44-76(4,5)45-77)75(111)97(13)66(50-25-20-21-26-50)74(110)96(12)59(70(106)91(6)7)40-62(101)95(11)57(67(103)89-65)37-47-23-18-19-24-47/h16-17,46-60,64-66H,14-15,18-45H2,1-13H3,(H,88,100)(H,89,103)(H,90,104)/b17-16-/t46-,48?,49?,51?,52+,53?,54?,55-,56-,57-,58-,59-,60-,64?,65-,66-/m0/s1. The summed E-state index contributed by atoms with van der Waals surface area (Å²) in [6.07, 6.45) is -10.4. The number of rotatable bonds is 13. The van der Waals surface area contributed by atoms with E-state index in [2.05, 4.69) is 16.0 Å². The number of nitrogens with one attached hydrogen (secondary N) is 3. The summed E-state index contributed by atoms with van der Waals surface area (Å²) in [4.78, 5) is 194. The molecule has 1 spiro atoms. The number of halogens is 8. The van der Waals surface area contributed by atoms with Gasteiger partial charge in [0.15, 0.2) is 0 Å². The van der Waals surface area contributed by atoms with E-state index >= 15 is 47.1 Å². The van der Waals surface area contributed by atoms with Gasteiger partial charge in [0.1, 0.15) is 72.1 Å². The fraction of sp³-hybridized carbons (Fsp3) is 0.823.